The highest BCUT2D eigenvalue weighted by molar-refractivity contribution is 6.19. The van der Waals surface area contributed by atoms with E-state index in [-0.39, 0.29) is 5.91 Å². The zero-order valence-corrected chi connectivity index (χ0v) is 9.71. The van der Waals surface area contributed by atoms with E-state index < -0.39 is 5.41 Å². The molecule has 0 unspecified atom stereocenters. The molecule has 1 aromatic rings. The number of alkyl halides is 1. The van der Waals surface area contributed by atoms with Crippen molar-refractivity contribution in [3.05, 3.63) is 29.8 Å². The topological polar surface area (TPSA) is 20.3 Å². The molecule has 0 aliphatic carbocycles. The second-order valence-corrected chi connectivity index (χ2v) is 4.67. The van der Waals surface area contributed by atoms with Crippen LogP contribution in [-0.2, 0) is 10.2 Å². The maximum absolute atomic E-state index is 12.1. The molecule has 0 atom stereocenters. The average Bonchev–Trinajstić information content (AvgIpc) is 2.42. The van der Waals surface area contributed by atoms with Gasteiger partial charge >= 0.3 is 0 Å². The van der Waals surface area contributed by atoms with Crippen LogP contribution in [0.25, 0.3) is 0 Å². The van der Waals surface area contributed by atoms with Crippen molar-refractivity contribution in [1.82, 2.24) is 0 Å². The van der Waals surface area contributed by atoms with E-state index in [1.807, 2.05) is 38.1 Å². The summed E-state index contributed by atoms with van der Waals surface area (Å²) in [5, 5.41) is 0. The summed E-state index contributed by atoms with van der Waals surface area (Å²) in [6.45, 7) is 4.51. The van der Waals surface area contributed by atoms with Crippen LogP contribution in [0, 0.1) is 0 Å². The van der Waals surface area contributed by atoms with E-state index in [1.165, 1.54) is 0 Å². The van der Waals surface area contributed by atoms with Gasteiger partial charge in [0.25, 0.3) is 0 Å². The molecule has 1 aliphatic rings. The van der Waals surface area contributed by atoms with Gasteiger partial charge in [0.2, 0.25) is 5.91 Å². The van der Waals surface area contributed by atoms with Gasteiger partial charge in [-0.1, -0.05) is 18.2 Å². The number of benzene rings is 1. The third-order valence-electron chi connectivity index (χ3n) is 2.96. The minimum absolute atomic E-state index is 0.143. The van der Waals surface area contributed by atoms with Gasteiger partial charge in [-0.15, -0.1) is 11.6 Å². The molecule has 80 valence electrons. The largest absolute Gasteiger partial charge is 0.310 e. The maximum Gasteiger partial charge on any atom is 0.237 e. The van der Waals surface area contributed by atoms with E-state index >= 15 is 0 Å². The lowest BCUT2D eigenvalue weighted by molar-refractivity contribution is -0.122. The number of carbonyl (C=O) groups is 1. The fourth-order valence-corrected chi connectivity index (χ4v) is 2.28. The molecule has 0 saturated heterocycles. The lowest BCUT2D eigenvalue weighted by Crippen LogP contribution is -2.37. The van der Waals surface area contributed by atoms with E-state index in [1.54, 1.807) is 4.90 Å². The summed E-state index contributed by atoms with van der Waals surface area (Å²) >= 11 is 5.71. The Morgan fingerprint density at radius 1 is 1.33 bits per heavy atom. The molecular formula is C12H14ClNO. The summed E-state index contributed by atoms with van der Waals surface area (Å²) in [6, 6.07) is 7.92. The van der Waals surface area contributed by atoms with Crippen LogP contribution in [0.2, 0.25) is 0 Å². The fraction of sp³-hybridized carbons (Fsp3) is 0.417. The minimum Gasteiger partial charge on any atom is -0.310 e. The Hall–Kier alpha value is -1.02. The fourth-order valence-electron chi connectivity index (χ4n) is 2.11. The Labute approximate surface area is 94.8 Å². The molecule has 0 saturated carbocycles. The molecule has 3 heteroatoms. The quantitative estimate of drug-likeness (QED) is 0.706. The van der Waals surface area contributed by atoms with Crippen LogP contribution in [-0.4, -0.2) is 18.3 Å². The standard InChI is InChI=1S/C12H14ClNO/c1-12(2)9-5-3-4-6-10(9)14(8-7-13)11(12)15/h3-6H,7-8H2,1-2H3. The molecule has 0 N–H and O–H groups in total. The third kappa shape index (κ3) is 1.44. The van der Waals surface area contributed by atoms with E-state index in [4.69, 9.17) is 11.6 Å². The van der Waals surface area contributed by atoms with E-state index in [0.717, 1.165) is 11.3 Å². The second-order valence-electron chi connectivity index (χ2n) is 4.29. The summed E-state index contributed by atoms with van der Waals surface area (Å²) in [4.78, 5) is 13.9. The first-order valence-corrected chi connectivity index (χ1v) is 5.60. The van der Waals surface area contributed by atoms with Crippen LogP contribution in [0.5, 0.6) is 0 Å². The van der Waals surface area contributed by atoms with Crippen LogP contribution < -0.4 is 4.90 Å². The lowest BCUT2D eigenvalue weighted by Gasteiger charge is -2.19. The van der Waals surface area contributed by atoms with Crippen molar-refractivity contribution in [1.29, 1.82) is 0 Å². The Bertz CT molecular complexity index is 400. The minimum atomic E-state index is -0.414. The van der Waals surface area contributed by atoms with E-state index in [0.29, 0.717) is 12.4 Å². The van der Waals surface area contributed by atoms with Gasteiger partial charge < -0.3 is 4.90 Å². The Morgan fingerprint density at radius 2 is 2.00 bits per heavy atom. The van der Waals surface area contributed by atoms with Gasteiger partial charge in [-0.05, 0) is 25.5 Å². The second kappa shape index (κ2) is 3.53. The number of anilines is 1. The molecule has 0 bridgehead atoms. The predicted molar refractivity (Wildman–Crippen MR) is 62.5 cm³/mol. The number of para-hydroxylation sites is 1. The highest BCUT2D eigenvalue weighted by atomic mass is 35.5. The monoisotopic (exact) mass is 223 g/mol. The molecule has 2 rings (SSSR count). The highest BCUT2D eigenvalue weighted by Gasteiger charge is 2.42. The average molecular weight is 224 g/mol. The van der Waals surface area contributed by atoms with Crippen molar-refractivity contribution in [2.75, 3.05) is 17.3 Å². The van der Waals surface area contributed by atoms with Crippen molar-refractivity contribution < 1.29 is 4.79 Å². The summed E-state index contributed by atoms with van der Waals surface area (Å²) in [5.74, 6) is 0.611. The molecule has 0 radical (unpaired) electrons. The number of hydrogen-bond donors (Lipinski definition) is 0. The number of rotatable bonds is 2. The van der Waals surface area contributed by atoms with E-state index in [9.17, 15) is 4.79 Å². The van der Waals surface area contributed by atoms with Crippen LogP contribution in [0.3, 0.4) is 0 Å². The predicted octanol–water partition coefficient (Wildman–Crippen LogP) is 2.55. The van der Waals surface area contributed by atoms with Gasteiger partial charge in [0.1, 0.15) is 0 Å². The molecule has 1 amide bonds. The van der Waals surface area contributed by atoms with Gasteiger partial charge in [0, 0.05) is 18.1 Å². The van der Waals surface area contributed by atoms with Gasteiger partial charge in [0.05, 0.1) is 5.41 Å². The van der Waals surface area contributed by atoms with Crippen LogP contribution >= 0.6 is 11.6 Å². The Morgan fingerprint density at radius 3 is 2.67 bits per heavy atom. The number of amides is 1. The van der Waals surface area contributed by atoms with Gasteiger partial charge in [-0.3, -0.25) is 4.79 Å². The first-order chi connectivity index (χ1) is 7.09. The van der Waals surface area contributed by atoms with E-state index in [2.05, 4.69) is 0 Å². The van der Waals surface area contributed by atoms with Crippen molar-refractivity contribution in [3.8, 4) is 0 Å². The van der Waals surface area contributed by atoms with Crippen molar-refractivity contribution in [2.24, 2.45) is 0 Å². The Kier molecular flexibility index (Phi) is 2.47. The molecule has 1 heterocycles. The smallest absolute Gasteiger partial charge is 0.237 e. The summed E-state index contributed by atoms with van der Waals surface area (Å²) < 4.78 is 0. The SMILES string of the molecule is CC1(C)C(=O)N(CCCl)c2ccccc21. The maximum atomic E-state index is 12.1. The van der Waals surface area contributed by atoms with Crippen molar-refractivity contribution in [2.45, 2.75) is 19.3 Å². The number of carbonyl (C=O) groups excluding carboxylic acids is 1. The number of hydrogen-bond acceptors (Lipinski definition) is 1. The van der Waals surface area contributed by atoms with Gasteiger partial charge in [0.15, 0.2) is 0 Å². The van der Waals surface area contributed by atoms with Gasteiger partial charge in [-0.2, -0.15) is 0 Å². The normalized spacial score (nSPS) is 18.1. The summed E-state index contributed by atoms with van der Waals surface area (Å²) in [6.07, 6.45) is 0. The Balaban J connectivity index is 2.52. The molecular weight excluding hydrogens is 210 g/mol. The number of halogens is 1. The molecule has 0 spiro atoms. The van der Waals surface area contributed by atoms with Crippen LogP contribution in [0.1, 0.15) is 19.4 Å². The molecule has 1 aliphatic heterocycles. The molecule has 15 heavy (non-hydrogen) atoms. The zero-order chi connectivity index (χ0) is 11.1. The van der Waals surface area contributed by atoms with Crippen molar-refractivity contribution >= 4 is 23.2 Å². The van der Waals surface area contributed by atoms with Gasteiger partial charge in [-0.25, -0.2) is 0 Å². The first kappa shape index (κ1) is 10.5. The summed E-state index contributed by atoms with van der Waals surface area (Å²) in [5.41, 5.74) is 1.69. The zero-order valence-electron chi connectivity index (χ0n) is 8.96. The molecule has 2 nitrogen and oxygen atoms in total. The first-order valence-electron chi connectivity index (χ1n) is 5.06. The molecule has 0 fully saturated rings. The summed E-state index contributed by atoms with van der Waals surface area (Å²) in [7, 11) is 0. The third-order valence-corrected chi connectivity index (χ3v) is 3.13. The van der Waals surface area contributed by atoms with Crippen molar-refractivity contribution in [3.63, 3.8) is 0 Å². The van der Waals surface area contributed by atoms with Crippen LogP contribution in [0.15, 0.2) is 24.3 Å². The lowest BCUT2D eigenvalue weighted by atomic mass is 9.86. The van der Waals surface area contributed by atoms with Crippen LogP contribution in [0.4, 0.5) is 5.69 Å². The molecule has 1 aromatic carbocycles. The number of fused-ring (bicyclic) bond motifs is 1. The highest BCUT2D eigenvalue weighted by Crippen LogP contribution is 2.40. The number of nitrogens with zero attached hydrogens (tertiary/aromatic N) is 1. The molecule has 0 aromatic heterocycles.